The van der Waals surface area contributed by atoms with Crippen molar-refractivity contribution in [3.63, 3.8) is 0 Å². The van der Waals surface area contributed by atoms with Gasteiger partial charge in [-0.25, -0.2) is 0 Å². The van der Waals surface area contributed by atoms with Crippen molar-refractivity contribution < 1.29 is 27.8 Å². The Labute approximate surface area is 196 Å². The number of hydrogen-bond donors (Lipinski definition) is 2. The highest BCUT2D eigenvalue weighted by atomic mass is 19.4. The van der Waals surface area contributed by atoms with Crippen molar-refractivity contribution in [2.75, 3.05) is 32.6 Å². The lowest BCUT2D eigenvalue weighted by molar-refractivity contribution is -0.137. The summed E-state index contributed by atoms with van der Waals surface area (Å²) < 4.78 is 44.6. The largest absolute Gasteiger partial charge is 0.508 e. The molecule has 0 aromatic heterocycles. The lowest BCUT2D eigenvalue weighted by Crippen LogP contribution is -2.17. The van der Waals surface area contributed by atoms with E-state index in [0.717, 1.165) is 25.1 Å². The van der Waals surface area contributed by atoms with Gasteiger partial charge in [-0.1, -0.05) is 18.2 Å². The lowest BCUT2D eigenvalue weighted by atomic mass is 10.0. The zero-order chi connectivity index (χ0) is 24.9. The average molecular weight is 473 g/mol. The third-order valence-electron chi connectivity index (χ3n) is 5.23. The number of nitrogens with zero attached hydrogens (tertiary/aromatic N) is 1. The fraction of sp³-hybridized carbons (Fsp3) is 0.269. The van der Waals surface area contributed by atoms with Gasteiger partial charge in [0.05, 0.1) is 17.7 Å². The first kappa shape index (κ1) is 25.1. The molecule has 0 saturated heterocycles. The van der Waals surface area contributed by atoms with E-state index in [0.29, 0.717) is 40.3 Å². The molecule has 0 bridgehead atoms. The number of ether oxygens (including phenoxy) is 1. The topological polar surface area (TPSA) is 61.8 Å². The van der Waals surface area contributed by atoms with E-state index in [1.807, 2.05) is 19.0 Å². The second-order valence-electron chi connectivity index (χ2n) is 8.25. The van der Waals surface area contributed by atoms with Gasteiger partial charge in [-0.3, -0.25) is 4.79 Å². The van der Waals surface area contributed by atoms with Gasteiger partial charge in [-0.2, -0.15) is 13.2 Å². The first-order valence-electron chi connectivity index (χ1n) is 10.7. The maximum atomic E-state index is 13.0. The molecule has 3 rings (SSSR count). The summed E-state index contributed by atoms with van der Waals surface area (Å²) in [6, 6.07) is 14.5. The van der Waals surface area contributed by atoms with Gasteiger partial charge in [0.2, 0.25) is 0 Å². The number of rotatable bonds is 8. The molecule has 0 aliphatic heterocycles. The summed E-state index contributed by atoms with van der Waals surface area (Å²) in [5.74, 6) is 0.0691. The van der Waals surface area contributed by atoms with E-state index in [9.17, 15) is 23.1 Å². The molecule has 2 N–H and O–H groups in total. The van der Waals surface area contributed by atoms with Gasteiger partial charge >= 0.3 is 6.18 Å². The van der Waals surface area contributed by atoms with Crippen LogP contribution in [0.25, 0.3) is 11.1 Å². The second-order valence-corrected chi connectivity index (χ2v) is 8.25. The summed E-state index contributed by atoms with van der Waals surface area (Å²) in [5, 5.41) is 12.5. The van der Waals surface area contributed by atoms with Crippen molar-refractivity contribution in [3.05, 3.63) is 77.4 Å². The molecule has 0 atom stereocenters. The molecule has 0 fully saturated rings. The summed E-state index contributed by atoms with van der Waals surface area (Å²) in [5.41, 5.74) is 1.92. The number of hydrogen-bond acceptors (Lipinski definition) is 4. The minimum absolute atomic E-state index is 0.129. The van der Waals surface area contributed by atoms with Crippen LogP contribution in [0.15, 0.2) is 60.7 Å². The zero-order valence-electron chi connectivity index (χ0n) is 19.2. The molecule has 5 nitrogen and oxygen atoms in total. The highest BCUT2D eigenvalue weighted by Gasteiger charge is 2.30. The standard InChI is InChI=1S/C26H27F3N2O3/c1-17-15-21(10-12-23(17)32)30-25(33)22-11-7-19(16-24(22)34-14-4-13-31(2)3)18-5-8-20(9-6-18)26(27,28)29/h5-12,15-16,32H,4,13-14H2,1-3H3,(H,30,33). The Hall–Kier alpha value is -3.52. The second kappa shape index (κ2) is 10.6. The van der Waals surface area contributed by atoms with E-state index < -0.39 is 17.6 Å². The molecule has 180 valence electrons. The third-order valence-corrected chi connectivity index (χ3v) is 5.23. The molecule has 8 heteroatoms. The van der Waals surface area contributed by atoms with Crippen molar-refractivity contribution in [3.8, 4) is 22.6 Å². The number of halogens is 3. The van der Waals surface area contributed by atoms with Gasteiger partial charge < -0.3 is 20.1 Å². The van der Waals surface area contributed by atoms with Crippen LogP contribution in [0.1, 0.15) is 27.9 Å². The quantitative estimate of drug-likeness (QED) is 0.313. The SMILES string of the molecule is Cc1cc(NC(=O)c2ccc(-c3ccc(C(F)(F)F)cc3)cc2OCCCN(C)C)ccc1O. The minimum atomic E-state index is -4.41. The number of aryl methyl sites for hydroxylation is 1. The number of carbonyl (C=O) groups excluding carboxylic acids is 1. The first-order valence-corrected chi connectivity index (χ1v) is 10.7. The molecular formula is C26H27F3N2O3. The van der Waals surface area contributed by atoms with Gasteiger partial charge in [0.1, 0.15) is 11.5 Å². The number of alkyl halides is 3. The monoisotopic (exact) mass is 472 g/mol. The van der Waals surface area contributed by atoms with Crippen LogP contribution in [0.3, 0.4) is 0 Å². The summed E-state index contributed by atoms with van der Waals surface area (Å²) in [6.45, 7) is 2.89. The summed E-state index contributed by atoms with van der Waals surface area (Å²) >= 11 is 0. The van der Waals surface area contributed by atoms with E-state index >= 15 is 0 Å². The van der Waals surface area contributed by atoms with Crippen LogP contribution in [0.5, 0.6) is 11.5 Å². The molecule has 0 aliphatic carbocycles. The normalized spacial score (nSPS) is 11.5. The van der Waals surface area contributed by atoms with E-state index in [4.69, 9.17) is 4.74 Å². The van der Waals surface area contributed by atoms with E-state index in [1.165, 1.54) is 18.2 Å². The predicted molar refractivity (Wildman–Crippen MR) is 126 cm³/mol. The number of amides is 1. The molecular weight excluding hydrogens is 445 g/mol. The number of phenolic OH excluding ortho intramolecular Hbond substituents is 1. The zero-order valence-corrected chi connectivity index (χ0v) is 19.2. The summed E-state index contributed by atoms with van der Waals surface area (Å²) in [4.78, 5) is 15.0. The number of benzene rings is 3. The molecule has 0 spiro atoms. The van der Waals surface area contributed by atoms with Gasteiger partial charge in [-0.05, 0) is 86.6 Å². The molecule has 0 heterocycles. The molecule has 0 radical (unpaired) electrons. The Morgan fingerprint density at radius 2 is 1.68 bits per heavy atom. The maximum Gasteiger partial charge on any atom is 0.416 e. The van der Waals surface area contributed by atoms with Gasteiger partial charge in [0, 0.05) is 12.2 Å². The van der Waals surface area contributed by atoms with Crippen LogP contribution >= 0.6 is 0 Å². The predicted octanol–water partition coefficient (Wildman–Crippen LogP) is 5.97. The molecule has 3 aromatic carbocycles. The Morgan fingerprint density at radius 3 is 2.29 bits per heavy atom. The van der Waals surface area contributed by atoms with Crippen molar-refractivity contribution in [1.82, 2.24) is 4.90 Å². The van der Waals surface area contributed by atoms with Gasteiger partial charge in [0.15, 0.2) is 0 Å². The van der Waals surface area contributed by atoms with Crippen LogP contribution in [0.2, 0.25) is 0 Å². The fourth-order valence-corrected chi connectivity index (χ4v) is 3.36. The van der Waals surface area contributed by atoms with Crippen molar-refractivity contribution in [1.29, 1.82) is 0 Å². The van der Waals surface area contributed by atoms with Gasteiger partial charge in [0.25, 0.3) is 5.91 Å². The first-order chi connectivity index (χ1) is 16.0. The van der Waals surface area contributed by atoms with E-state index in [1.54, 1.807) is 37.3 Å². The number of aromatic hydroxyl groups is 1. The Balaban J connectivity index is 1.88. The minimum Gasteiger partial charge on any atom is -0.508 e. The highest BCUT2D eigenvalue weighted by Crippen LogP contribution is 2.33. The molecule has 3 aromatic rings. The van der Waals surface area contributed by atoms with E-state index in [2.05, 4.69) is 5.32 Å². The summed E-state index contributed by atoms with van der Waals surface area (Å²) in [7, 11) is 3.90. The third kappa shape index (κ3) is 6.51. The number of carbonyl (C=O) groups is 1. The molecule has 0 unspecified atom stereocenters. The van der Waals surface area contributed by atoms with Crippen LogP contribution in [-0.4, -0.2) is 43.2 Å². The Morgan fingerprint density at radius 1 is 1.00 bits per heavy atom. The Bertz CT molecular complexity index is 1140. The van der Waals surface area contributed by atoms with Crippen molar-refractivity contribution in [2.24, 2.45) is 0 Å². The summed E-state index contributed by atoms with van der Waals surface area (Å²) in [6.07, 6.45) is -3.68. The van der Waals surface area contributed by atoms with Crippen LogP contribution in [0.4, 0.5) is 18.9 Å². The lowest BCUT2D eigenvalue weighted by Gasteiger charge is -2.15. The maximum absolute atomic E-state index is 13.0. The van der Waals surface area contributed by atoms with Crippen molar-refractivity contribution in [2.45, 2.75) is 19.5 Å². The van der Waals surface area contributed by atoms with Crippen molar-refractivity contribution >= 4 is 11.6 Å². The number of phenols is 1. The highest BCUT2D eigenvalue weighted by molar-refractivity contribution is 6.06. The van der Waals surface area contributed by atoms with Gasteiger partial charge in [-0.15, -0.1) is 0 Å². The molecule has 1 amide bonds. The molecule has 0 saturated carbocycles. The van der Waals surface area contributed by atoms with Crippen LogP contribution in [-0.2, 0) is 6.18 Å². The molecule has 0 aliphatic rings. The fourth-order valence-electron chi connectivity index (χ4n) is 3.36. The number of nitrogens with one attached hydrogen (secondary N) is 1. The van der Waals surface area contributed by atoms with Crippen LogP contribution in [0, 0.1) is 6.92 Å². The average Bonchev–Trinajstić information content (AvgIpc) is 2.78. The Kier molecular flexibility index (Phi) is 7.83. The van der Waals surface area contributed by atoms with Crippen LogP contribution < -0.4 is 10.1 Å². The molecule has 34 heavy (non-hydrogen) atoms. The van der Waals surface area contributed by atoms with E-state index in [-0.39, 0.29) is 5.75 Å². The smallest absolute Gasteiger partial charge is 0.416 e. The number of anilines is 1.